The molecule has 1 rings (SSSR count). The summed E-state index contributed by atoms with van der Waals surface area (Å²) in [4.78, 5) is 11.6. The minimum absolute atomic E-state index is 0.419. The van der Waals surface area contributed by atoms with Crippen LogP contribution in [0.3, 0.4) is 0 Å². The van der Waals surface area contributed by atoms with Gasteiger partial charge in [-0.1, -0.05) is 30.7 Å². The highest BCUT2D eigenvalue weighted by atomic mass is 35.5. The average molecular weight is 257 g/mol. The second-order valence-electron chi connectivity index (χ2n) is 4.14. The van der Waals surface area contributed by atoms with Gasteiger partial charge in [0, 0.05) is 5.02 Å². The van der Waals surface area contributed by atoms with Crippen molar-refractivity contribution in [1.82, 2.24) is 0 Å². The van der Waals surface area contributed by atoms with E-state index in [1.807, 2.05) is 6.92 Å². The molecule has 17 heavy (non-hydrogen) atoms. The van der Waals surface area contributed by atoms with Crippen LogP contribution in [0.15, 0.2) is 24.3 Å². The Morgan fingerprint density at radius 1 is 1.59 bits per heavy atom. The van der Waals surface area contributed by atoms with Gasteiger partial charge in [-0.15, -0.1) is 0 Å². The molecule has 4 heteroatoms. The number of benzene rings is 1. The van der Waals surface area contributed by atoms with Gasteiger partial charge in [-0.25, -0.2) is 0 Å². The van der Waals surface area contributed by atoms with E-state index >= 15 is 0 Å². The predicted octanol–water partition coefficient (Wildman–Crippen LogP) is 2.75. The van der Waals surface area contributed by atoms with E-state index in [4.69, 9.17) is 16.3 Å². The standard InChI is InChI=1S/C13H17ClO3/c1-4-11(12(15)17-3)13(2,16)9-6-5-7-10(14)8-9/h5-8,11,16H,4H2,1-3H3. The Bertz CT molecular complexity index is 401. The fourth-order valence-electron chi connectivity index (χ4n) is 1.94. The molecule has 94 valence electrons. The quantitative estimate of drug-likeness (QED) is 0.843. The largest absolute Gasteiger partial charge is 0.469 e. The molecule has 0 bridgehead atoms. The zero-order chi connectivity index (χ0) is 13.1. The van der Waals surface area contributed by atoms with E-state index < -0.39 is 17.5 Å². The smallest absolute Gasteiger partial charge is 0.311 e. The summed E-state index contributed by atoms with van der Waals surface area (Å²) in [5.41, 5.74) is -0.672. The molecule has 1 aromatic carbocycles. The van der Waals surface area contributed by atoms with Gasteiger partial charge in [0.1, 0.15) is 5.60 Å². The number of ether oxygens (including phenoxy) is 1. The molecule has 0 aliphatic carbocycles. The first-order chi connectivity index (χ1) is 7.93. The molecule has 0 aromatic heterocycles. The first kappa shape index (κ1) is 14.0. The molecule has 0 amide bonds. The number of esters is 1. The van der Waals surface area contributed by atoms with Crippen LogP contribution in [0.2, 0.25) is 5.02 Å². The molecule has 0 saturated heterocycles. The highest BCUT2D eigenvalue weighted by molar-refractivity contribution is 6.30. The SMILES string of the molecule is CCC(C(=O)OC)C(C)(O)c1cccc(Cl)c1. The zero-order valence-electron chi connectivity index (χ0n) is 10.2. The molecule has 0 spiro atoms. The predicted molar refractivity (Wildman–Crippen MR) is 66.8 cm³/mol. The minimum atomic E-state index is -1.28. The van der Waals surface area contributed by atoms with Crippen molar-refractivity contribution in [2.45, 2.75) is 25.9 Å². The third kappa shape index (κ3) is 2.99. The second-order valence-corrected chi connectivity index (χ2v) is 4.58. The molecule has 3 nitrogen and oxygen atoms in total. The molecule has 0 heterocycles. The molecule has 2 unspecified atom stereocenters. The van der Waals surface area contributed by atoms with Gasteiger partial charge in [0.05, 0.1) is 13.0 Å². The number of hydrogen-bond acceptors (Lipinski definition) is 3. The van der Waals surface area contributed by atoms with Crippen molar-refractivity contribution < 1.29 is 14.6 Å². The van der Waals surface area contributed by atoms with Gasteiger partial charge in [-0.3, -0.25) is 4.79 Å². The average Bonchev–Trinajstić information content (AvgIpc) is 2.29. The summed E-state index contributed by atoms with van der Waals surface area (Å²) in [7, 11) is 1.32. The van der Waals surface area contributed by atoms with Crippen LogP contribution < -0.4 is 0 Å². The van der Waals surface area contributed by atoms with Crippen LogP contribution in [-0.2, 0) is 15.1 Å². The van der Waals surface area contributed by atoms with Crippen molar-refractivity contribution in [3.05, 3.63) is 34.9 Å². The van der Waals surface area contributed by atoms with E-state index in [1.54, 1.807) is 31.2 Å². The molecule has 2 atom stereocenters. The Morgan fingerprint density at radius 2 is 2.24 bits per heavy atom. The second kappa shape index (κ2) is 5.52. The lowest BCUT2D eigenvalue weighted by Gasteiger charge is -2.30. The summed E-state index contributed by atoms with van der Waals surface area (Å²) < 4.78 is 4.71. The summed E-state index contributed by atoms with van der Waals surface area (Å²) in [6.07, 6.45) is 0.492. The topological polar surface area (TPSA) is 46.5 Å². The van der Waals surface area contributed by atoms with Crippen molar-refractivity contribution in [3.8, 4) is 0 Å². The first-order valence-electron chi connectivity index (χ1n) is 5.49. The number of methoxy groups -OCH3 is 1. The lowest BCUT2D eigenvalue weighted by atomic mass is 9.81. The van der Waals surface area contributed by atoms with Crippen LogP contribution in [0.4, 0.5) is 0 Å². The summed E-state index contributed by atoms with van der Waals surface area (Å²) in [6.45, 7) is 3.43. The Morgan fingerprint density at radius 3 is 2.71 bits per heavy atom. The minimum Gasteiger partial charge on any atom is -0.469 e. The number of rotatable bonds is 4. The molecule has 0 aliphatic heterocycles. The highest BCUT2D eigenvalue weighted by Crippen LogP contribution is 2.33. The van der Waals surface area contributed by atoms with Gasteiger partial charge in [0.15, 0.2) is 0 Å². The maximum Gasteiger partial charge on any atom is 0.311 e. The van der Waals surface area contributed by atoms with Crippen LogP contribution in [-0.4, -0.2) is 18.2 Å². The Labute approximate surface area is 106 Å². The van der Waals surface area contributed by atoms with E-state index in [2.05, 4.69) is 0 Å². The number of aliphatic hydroxyl groups is 1. The number of halogens is 1. The third-order valence-electron chi connectivity index (χ3n) is 2.98. The molecule has 0 aliphatic rings. The molecule has 0 saturated carbocycles. The zero-order valence-corrected chi connectivity index (χ0v) is 11.0. The number of carbonyl (C=O) groups is 1. The van der Waals surface area contributed by atoms with Crippen LogP contribution in [0, 0.1) is 5.92 Å². The van der Waals surface area contributed by atoms with E-state index in [0.29, 0.717) is 17.0 Å². The number of carbonyl (C=O) groups excluding carboxylic acids is 1. The summed E-state index contributed by atoms with van der Waals surface area (Å²) in [5, 5.41) is 11.0. The van der Waals surface area contributed by atoms with Gasteiger partial charge in [-0.05, 0) is 31.0 Å². The number of hydrogen-bond donors (Lipinski definition) is 1. The van der Waals surface area contributed by atoms with Crippen molar-refractivity contribution in [2.24, 2.45) is 5.92 Å². The van der Waals surface area contributed by atoms with Crippen LogP contribution in [0.1, 0.15) is 25.8 Å². The molecule has 1 N–H and O–H groups in total. The third-order valence-corrected chi connectivity index (χ3v) is 3.22. The van der Waals surface area contributed by atoms with E-state index in [-0.39, 0.29) is 0 Å². The van der Waals surface area contributed by atoms with Gasteiger partial charge in [0.25, 0.3) is 0 Å². The molecule has 0 fully saturated rings. The summed E-state index contributed by atoms with van der Waals surface area (Å²) >= 11 is 5.88. The van der Waals surface area contributed by atoms with Crippen LogP contribution in [0.25, 0.3) is 0 Å². The van der Waals surface area contributed by atoms with Gasteiger partial charge < -0.3 is 9.84 Å². The summed E-state index contributed by atoms with van der Waals surface area (Å²) in [6, 6.07) is 6.88. The lowest BCUT2D eigenvalue weighted by Crippen LogP contribution is -2.37. The fraction of sp³-hybridized carbons (Fsp3) is 0.462. The van der Waals surface area contributed by atoms with Gasteiger partial charge >= 0.3 is 5.97 Å². The first-order valence-corrected chi connectivity index (χ1v) is 5.87. The van der Waals surface area contributed by atoms with Crippen molar-refractivity contribution in [2.75, 3.05) is 7.11 Å². The maximum absolute atomic E-state index is 11.6. The van der Waals surface area contributed by atoms with E-state index in [9.17, 15) is 9.90 Å². The van der Waals surface area contributed by atoms with Crippen molar-refractivity contribution >= 4 is 17.6 Å². The molecule has 0 radical (unpaired) electrons. The van der Waals surface area contributed by atoms with Crippen molar-refractivity contribution in [1.29, 1.82) is 0 Å². The summed E-state index contributed by atoms with van der Waals surface area (Å²) in [5.74, 6) is -1.02. The molecule has 1 aromatic rings. The Kier molecular flexibility index (Phi) is 4.54. The lowest BCUT2D eigenvalue weighted by molar-refractivity contribution is -0.155. The molecular weight excluding hydrogens is 240 g/mol. The highest BCUT2D eigenvalue weighted by Gasteiger charge is 2.38. The molecular formula is C13H17ClO3. The Hall–Kier alpha value is -1.06. The van der Waals surface area contributed by atoms with E-state index in [1.165, 1.54) is 7.11 Å². The van der Waals surface area contributed by atoms with Gasteiger partial charge in [0.2, 0.25) is 0 Å². The maximum atomic E-state index is 11.6. The van der Waals surface area contributed by atoms with Gasteiger partial charge in [-0.2, -0.15) is 0 Å². The fourth-order valence-corrected chi connectivity index (χ4v) is 2.13. The van der Waals surface area contributed by atoms with Crippen LogP contribution >= 0.6 is 11.6 Å². The van der Waals surface area contributed by atoms with Crippen molar-refractivity contribution in [3.63, 3.8) is 0 Å². The Balaban J connectivity index is 3.11. The normalized spacial score (nSPS) is 16.1. The monoisotopic (exact) mass is 256 g/mol. The van der Waals surface area contributed by atoms with Crippen LogP contribution in [0.5, 0.6) is 0 Å². The van der Waals surface area contributed by atoms with E-state index in [0.717, 1.165) is 0 Å².